The van der Waals surface area contributed by atoms with Gasteiger partial charge in [0.1, 0.15) is 0 Å². The Balaban J connectivity index is 2.39. The lowest BCUT2D eigenvalue weighted by atomic mass is 10.0. The minimum absolute atomic E-state index is 0.0654. The molecule has 0 aliphatic heterocycles. The molecular weight excluding hydrogens is 246 g/mol. The zero-order valence-corrected chi connectivity index (χ0v) is 12.6. The molecule has 0 N–H and O–H groups in total. The van der Waals surface area contributed by atoms with Crippen LogP contribution in [0.5, 0.6) is 0 Å². The lowest BCUT2D eigenvalue weighted by molar-refractivity contribution is 0.0987. The standard InChI is InChI=1S/C18H21NO/c1-5-19(16-8-6-7-13(2)12-16)18(20)17-10-9-14(3)11-15(17)4/h6-12H,5H2,1-4H3. The second-order valence-corrected chi connectivity index (χ2v) is 5.21. The van der Waals surface area contributed by atoms with Crippen LogP contribution < -0.4 is 4.90 Å². The van der Waals surface area contributed by atoms with Crippen LogP contribution in [0.4, 0.5) is 5.69 Å². The monoisotopic (exact) mass is 267 g/mol. The van der Waals surface area contributed by atoms with Crippen molar-refractivity contribution in [2.45, 2.75) is 27.7 Å². The van der Waals surface area contributed by atoms with E-state index in [4.69, 9.17) is 0 Å². The van der Waals surface area contributed by atoms with E-state index < -0.39 is 0 Å². The van der Waals surface area contributed by atoms with E-state index in [9.17, 15) is 4.79 Å². The number of amides is 1. The SMILES string of the molecule is CCN(C(=O)c1ccc(C)cc1C)c1cccc(C)c1. The van der Waals surface area contributed by atoms with Crippen molar-refractivity contribution in [3.05, 3.63) is 64.7 Å². The minimum atomic E-state index is 0.0654. The normalized spacial score (nSPS) is 10.4. The summed E-state index contributed by atoms with van der Waals surface area (Å²) in [5.74, 6) is 0.0654. The lowest BCUT2D eigenvalue weighted by Gasteiger charge is -2.22. The summed E-state index contributed by atoms with van der Waals surface area (Å²) >= 11 is 0. The second-order valence-electron chi connectivity index (χ2n) is 5.21. The molecule has 0 saturated heterocycles. The highest BCUT2D eigenvalue weighted by atomic mass is 16.2. The summed E-state index contributed by atoms with van der Waals surface area (Å²) in [4.78, 5) is 14.6. The zero-order valence-electron chi connectivity index (χ0n) is 12.6. The fourth-order valence-corrected chi connectivity index (χ4v) is 2.44. The highest BCUT2D eigenvalue weighted by Gasteiger charge is 2.17. The van der Waals surface area contributed by atoms with Crippen molar-refractivity contribution in [1.29, 1.82) is 0 Å². The maximum atomic E-state index is 12.7. The molecule has 0 aliphatic carbocycles. The third kappa shape index (κ3) is 2.90. The molecule has 2 aromatic rings. The Hall–Kier alpha value is -2.09. The van der Waals surface area contributed by atoms with Crippen molar-refractivity contribution in [3.8, 4) is 0 Å². The van der Waals surface area contributed by atoms with Crippen molar-refractivity contribution < 1.29 is 4.79 Å². The van der Waals surface area contributed by atoms with Crippen LogP contribution >= 0.6 is 0 Å². The summed E-state index contributed by atoms with van der Waals surface area (Å²) < 4.78 is 0. The fraction of sp³-hybridized carbons (Fsp3) is 0.278. The average molecular weight is 267 g/mol. The van der Waals surface area contributed by atoms with Gasteiger partial charge in [0.05, 0.1) is 0 Å². The van der Waals surface area contributed by atoms with E-state index in [1.807, 2.05) is 69.0 Å². The van der Waals surface area contributed by atoms with Crippen LogP contribution in [0.1, 0.15) is 34.0 Å². The first-order chi connectivity index (χ1) is 9.52. The van der Waals surface area contributed by atoms with Crippen LogP contribution in [0.3, 0.4) is 0 Å². The molecule has 0 aliphatic rings. The minimum Gasteiger partial charge on any atom is -0.309 e. The maximum Gasteiger partial charge on any atom is 0.258 e. The Morgan fingerprint density at radius 1 is 1.00 bits per heavy atom. The maximum absolute atomic E-state index is 12.7. The van der Waals surface area contributed by atoms with Gasteiger partial charge in [-0.2, -0.15) is 0 Å². The molecule has 2 nitrogen and oxygen atoms in total. The van der Waals surface area contributed by atoms with Gasteiger partial charge in [-0.25, -0.2) is 0 Å². The molecule has 0 heterocycles. The van der Waals surface area contributed by atoms with Gasteiger partial charge in [-0.3, -0.25) is 4.79 Å². The van der Waals surface area contributed by atoms with E-state index in [0.29, 0.717) is 6.54 Å². The summed E-state index contributed by atoms with van der Waals surface area (Å²) in [6.45, 7) is 8.74. The number of hydrogen-bond acceptors (Lipinski definition) is 1. The zero-order chi connectivity index (χ0) is 14.7. The van der Waals surface area contributed by atoms with Crippen molar-refractivity contribution in [2.24, 2.45) is 0 Å². The second kappa shape index (κ2) is 5.91. The number of rotatable bonds is 3. The van der Waals surface area contributed by atoms with E-state index in [1.165, 1.54) is 5.56 Å². The first-order valence-corrected chi connectivity index (χ1v) is 6.98. The molecule has 0 spiro atoms. The van der Waals surface area contributed by atoms with E-state index in [-0.39, 0.29) is 5.91 Å². The van der Waals surface area contributed by atoms with E-state index >= 15 is 0 Å². The Labute approximate surface area is 121 Å². The Morgan fingerprint density at radius 3 is 2.30 bits per heavy atom. The molecule has 20 heavy (non-hydrogen) atoms. The average Bonchev–Trinajstić information content (AvgIpc) is 2.39. The van der Waals surface area contributed by atoms with E-state index in [0.717, 1.165) is 22.4 Å². The van der Waals surface area contributed by atoms with Crippen molar-refractivity contribution in [2.75, 3.05) is 11.4 Å². The molecule has 0 aromatic heterocycles. The first kappa shape index (κ1) is 14.3. The van der Waals surface area contributed by atoms with Gasteiger partial charge < -0.3 is 4.90 Å². The molecular formula is C18H21NO. The molecule has 0 unspecified atom stereocenters. The first-order valence-electron chi connectivity index (χ1n) is 6.98. The van der Waals surface area contributed by atoms with Gasteiger partial charge in [0, 0.05) is 17.8 Å². The van der Waals surface area contributed by atoms with Crippen LogP contribution in [0.25, 0.3) is 0 Å². The largest absolute Gasteiger partial charge is 0.309 e. The van der Waals surface area contributed by atoms with Crippen molar-refractivity contribution in [1.82, 2.24) is 0 Å². The topological polar surface area (TPSA) is 20.3 Å². The molecule has 0 radical (unpaired) electrons. The summed E-state index contributed by atoms with van der Waals surface area (Å²) in [7, 11) is 0. The van der Waals surface area contributed by atoms with Crippen LogP contribution in [-0.2, 0) is 0 Å². The predicted octanol–water partition coefficient (Wildman–Crippen LogP) is 4.28. The predicted molar refractivity (Wildman–Crippen MR) is 84.4 cm³/mol. The van der Waals surface area contributed by atoms with Gasteiger partial charge in [0.2, 0.25) is 0 Å². The third-order valence-electron chi connectivity index (χ3n) is 3.49. The lowest BCUT2D eigenvalue weighted by Crippen LogP contribution is -2.31. The summed E-state index contributed by atoms with van der Waals surface area (Å²) in [5.41, 5.74) is 5.10. The number of nitrogens with zero attached hydrogens (tertiary/aromatic N) is 1. The molecule has 104 valence electrons. The van der Waals surface area contributed by atoms with Gasteiger partial charge >= 0.3 is 0 Å². The molecule has 0 fully saturated rings. The summed E-state index contributed by atoms with van der Waals surface area (Å²) in [6, 6.07) is 14.0. The highest BCUT2D eigenvalue weighted by molar-refractivity contribution is 6.07. The smallest absolute Gasteiger partial charge is 0.258 e. The third-order valence-corrected chi connectivity index (χ3v) is 3.49. The molecule has 2 aromatic carbocycles. The van der Waals surface area contributed by atoms with Gasteiger partial charge in [-0.15, -0.1) is 0 Å². The number of anilines is 1. The Bertz CT molecular complexity index is 631. The molecule has 0 atom stereocenters. The number of carbonyl (C=O) groups excluding carboxylic acids is 1. The van der Waals surface area contributed by atoms with E-state index in [2.05, 4.69) is 6.07 Å². The number of aryl methyl sites for hydroxylation is 3. The highest BCUT2D eigenvalue weighted by Crippen LogP contribution is 2.20. The molecule has 2 rings (SSSR count). The quantitative estimate of drug-likeness (QED) is 0.813. The molecule has 2 heteroatoms. The molecule has 0 saturated carbocycles. The van der Waals surface area contributed by atoms with Gasteiger partial charge in [-0.05, 0) is 57.0 Å². The van der Waals surface area contributed by atoms with Crippen LogP contribution in [0.15, 0.2) is 42.5 Å². The van der Waals surface area contributed by atoms with Crippen molar-refractivity contribution in [3.63, 3.8) is 0 Å². The van der Waals surface area contributed by atoms with Crippen LogP contribution in [0.2, 0.25) is 0 Å². The van der Waals surface area contributed by atoms with Gasteiger partial charge in [0.25, 0.3) is 5.91 Å². The van der Waals surface area contributed by atoms with E-state index in [1.54, 1.807) is 0 Å². The molecule has 0 bridgehead atoms. The number of hydrogen-bond donors (Lipinski definition) is 0. The van der Waals surface area contributed by atoms with Crippen LogP contribution in [-0.4, -0.2) is 12.5 Å². The molecule has 1 amide bonds. The Morgan fingerprint density at radius 2 is 1.70 bits per heavy atom. The Kier molecular flexibility index (Phi) is 4.23. The van der Waals surface area contributed by atoms with Gasteiger partial charge in [-0.1, -0.05) is 29.8 Å². The van der Waals surface area contributed by atoms with Gasteiger partial charge in [0.15, 0.2) is 0 Å². The fourth-order valence-electron chi connectivity index (χ4n) is 2.44. The van der Waals surface area contributed by atoms with Crippen LogP contribution in [0, 0.1) is 20.8 Å². The number of carbonyl (C=O) groups is 1. The van der Waals surface area contributed by atoms with Crippen molar-refractivity contribution >= 4 is 11.6 Å². The number of benzene rings is 2. The summed E-state index contributed by atoms with van der Waals surface area (Å²) in [6.07, 6.45) is 0. The summed E-state index contributed by atoms with van der Waals surface area (Å²) in [5, 5.41) is 0.